The molecule has 0 aromatic heterocycles. The Morgan fingerprint density at radius 3 is 2.62 bits per heavy atom. The molecular formula is C5H12ClOSi. The number of halogens is 1. The molecule has 0 amide bonds. The summed E-state index contributed by atoms with van der Waals surface area (Å²) in [6.07, 6.45) is 2.32. The van der Waals surface area contributed by atoms with Crippen LogP contribution in [-0.2, 0) is 4.43 Å². The van der Waals surface area contributed by atoms with Gasteiger partial charge in [0.25, 0.3) is 0 Å². The second kappa shape index (κ2) is 5.60. The van der Waals surface area contributed by atoms with Gasteiger partial charge in [0.15, 0.2) is 0 Å². The van der Waals surface area contributed by atoms with E-state index in [4.69, 9.17) is 15.5 Å². The molecule has 0 fully saturated rings. The minimum Gasteiger partial charge on any atom is -0.403 e. The Kier molecular flexibility index (Phi) is 5.93. The molecule has 49 valence electrons. The average Bonchev–Trinajstić information content (AvgIpc) is 1.66. The van der Waals surface area contributed by atoms with Gasteiger partial charge in [0.2, 0.25) is 0 Å². The summed E-state index contributed by atoms with van der Waals surface area (Å²) in [6.45, 7) is 4.91. The average molecular weight is 152 g/mol. The molecule has 0 N–H and O–H groups in total. The third-order valence-corrected chi connectivity index (χ3v) is 1.73. The third kappa shape index (κ3) is 6.47. The molecule has 0 atom stereocenters. The molecule has 0 aromatic carbocycles. The molecule has 3 heteroatoms. The van der Waals surface area contributed by atoms with E-state index in [9.17, 15) is 0 Å². The summed E-state index contributed by atoms with van der Waals surface area (Å²) >= 11 is 5.59. The maximum Gasteiger partial charge on any atom is 0.319 e. The molecule has 0 bridgehead atoms. The lowest BCUT2D eigenvalue weighted by atomic mass is 10.4. The minimum atomic E-state index is -0.935. The van der Waals surface area contributed by atoms with Gasteiger partial charge in [-0.3, -0.25) is 0 Å². The monoisotopic (exact) mass is 151 g/mol. The molecule has 0 saturated carbocycles. The highest BCUT2D eigenvalue weighted by Gasteiger charge is 1.96. The van der Waals surface area contributed by atoms with Crippen LogP contribution < -0.4 is 0 Å². The Labute approximate surface area is 57.4 Å². The van der Waals surface area contributed by atoms with Crippen molar-refractivity contribution in [3.8, 4) is 0 Å². The number of hydrogen-bond donors (Lipinski definition) is 0. The van der Waals surface area contributed by atoms with Crippen molar-refractivity contribution in [3.05, 3.63) is 0 Å². The smallest absolute Gasteiger partial charge is 0.319 e. The van der Waals surface area contributed by atoms with Gasteiger partial charge in [-0.05, 0) is 13.0 Å². The van der Waals surface area contributed by atoms with Gasteiger partial charge in [-0.25, -0.2) is 0 Å². The minimum absolute atomic E-state index is 0.838. The van der Waals surface area contributed by atoms with E-state index in [1.165, 1.54) is 6.42 Å². The van der Waals surface area contributed by atoms with Crippen LogP contribution in [0.5, 0.6) is 0 Å². The van der Waals surface area contributed by atoms with Crippen molar-refractivity contribution in [2.75, 3.05) is 6.61 Å². The predicted octanol–water partition coefficient (Wildman–Crippen LogP) is 2.16. The largest absolute Gasteiger partial charge is 0.403 e. The van der Waals surface area contributed by atoms with Crippen LogP contribution in [0.25, 0.3) is 0 Å². The van der Waals surface area contributed by atoms with E-state index in [1.807, 2.05) is 6.55 Å². The molecule has 1 radical (unpaired) electrons. The highest BCUT2D eigenvalue weighted by atomic mass is 35.6. The first kappa shape index (κ1) is 8.47. The second-order valence-electron chi connectivity index (χ2n) is 1.67. The summed E-state index contributed by atoms with van der Waals surface area (Å²) in [5, 5.41) is 0. The Hall–Kier alpha value is 0.467. The van der Waals surface area contributed by atoms with E-state index in [0.29, 0.717) is 0 Å². The maximum atomic E-state index is 5.59. The van der Waals surface area contributed by atoms with Crippen molar-refractivity contribution in [1.82, 2.24) is 0 Å². The van der Waals surface area contributed by atoms with Crippen LogP contribution in [0.1, 0.15) is 19.8 Å². The fourth-order valence-corrected chi connectivity index (χ4v) is 1.01. The van der Waals surface area contributed by atoms with Crippen LogP contribution in [0.2, 0.25) is 6.55 Å². The summed E-state index contributed by atoms with van der Waals surface area (Å²) < 4.78 is 5.15. The van der Waals surface area contributed by atoms with Gasteiger partial charge >= 0.3 is 8.35 Å². The number of rotatable bonds is 4. The van der Waals surface area contributed by atoms with E-state index >= 15 is 0 Å². The van der Waals surface area contributed by atoms with Crippen molar-refractivity contribution < 1.29 is 4.43 Å². The van der Waals surface area contributed by atoms with Crippen LogP contribution in [-0.4, -0.2) is 15.0 Å². The van der Waals surface area contributed by atoms with E-state index < -0.39 is 8.35 Å². The van der Waals surface area contributed by atoms with Gasteiger partial charge in [0.1, 0.15) is 0 Å². The van der Waals surface area contributed by atoms with Gasteiger partial charge in [-0.15, -0.1) is 11.1 Å². The lowest BCUT2D eigenvalue weighted by Crippen LogP contribution is -2.05. The number of hydrogen-bond acceptors (Lipinski definition) is 1. The van der Waals surface area contributed by atoms with Crippen LogP contribution >= 0.6 is 11.1 Å². The summed E-state index contributed by atoms with van der Waals surface area (Å²) in [6, 6.07) is 0. The van der Waals surface area contributed by atoms with Gasteiger partial charge in [-0.1, -0.05) is 13.3 Å². The zero-order valence-electron chi connectivity index (χ0n) is 5.41. The highest BCUT2D eigenvalue weighted by molar-refractivity contribution is 7.02. The molecule has 0 aliphatic heterocycles. The van der Waals surface area contributed by atoms with Gasteiger partial charge in [0, 0.05) is 6.61 Å². The summed E-state index contributed by atoms with van der Waals surface area (Å²) in [5.41, 5.74) is 0. The van der Waals surface area contributed by atoms with E-state index in [-0.39, 0.29) is 0 Å². The van der Waals surface area contributed by atoms with Crippen LogP contribution in [0, 0.1) is 0 Å². The molecule has 0 aromatic rings. The first-order valence-corrected chi connectivity index (χ1v) is 5.81. The molecule has 0 unspecified atom stereocenters. The van der Waals surface area contributed by atoms with Crippen LogP contribution in [0.15, 0.2) is 0 Å². The maximum absolute atomic E-state index is 5.59. The van der Waals surface area contributed by atoms with E-state index in [2.05, 4.69) is 6.92 Å². The fourth-order valence-electron chi connectivity index (χ4n) is 0.357. The Balaban J connectivity index is 2.72. The molecule has 0 spiro atoms. The molecule has 0 saturated heterocycles. The van der Waals surface area contributed by atoms with Crippen molar-refractivity contribution in [2.24, 2.45) is 0 Å². The quantitative estimate of drug-likeness (QED) is 0.340. The first-order valence-electron chi connectivity index (χ1n) is 2.89. The van der Waals surface area contributed by atoms with Gasteiger partial charge < -0.3 is 4.43 Å². The van der Waals surface area contributed by atoms with Crippen LogP contribution in [0.3, 0.4) is 0 Å². The molecule has 8 heavy (non-hydrogen) atoms. The highest BCUT2D eigenvalue weighted by Crippen LogP contribution is 1.93. The second-order valence-corrected chi connectivity index (χ2v) is 4.50. The predicted molar refractivity (Wildman–Crippen MR) is 38.3 cm³/mol. The Bertz CT molecular complexity index is 49.7. The van der Waals surface area contributed by atoms with Crippen molar-refractivity contribution in [2.45, 2.75) is 26.3 Å². The zero-order valence-corrected chi connectivity index (χ0v) is 7.16. The fraction of sp³-hybridized carbons (Fsp3) is 1.00. The van der Waals surface area contributed by atoms with Crippen molar-refractivity contribution in [3.63, 3.8) is 0 Å². The Morgan fingerprint density at radius 1 is 1.62 bits per heavy atom. The molecule has 0 aliphatic carbocycles. The first-order chi connectivity index (χ1) is 3.77. The van der Waals surface area contributed by atoms with Gasteiger partial charge in [0.05, 0.1) is 0 Å². The third-order valence-electron chi connectivity index (χ3n) is 0.799. The molecule has 0 heterocycles. The van der Waals surface area contributed by atoms with E-state index in [1.54, 1.807) is 0 Å². The molecular weight excluding hydrogens is 140 g/mol. The molecule has 0 rings (SSSR count). The zero-order chi connectivity index (χ0) is 6.41. The van der Waals surface area contributed by atoms with Crippen LogP contribution in [0.4, 0.5) is 0 Å². The molecule has 1 nitrogen and oxygen atoms in total. The normalized spacial score (nSPS) is 10.5. The number of unbranched alkanes of at least 4 members (excludes halogenated alkanes) is 1. The lowest BCUT2D eigenvalue weighted by Gasteiger charge is -2.00. The van der Waals surface area contributed by atoms with E-state index in [0.717, 1.165) is 13.0 Å². The molecule has 0 aliphatic rings. The summed E-state index contributed by atoms with van der Waals surface area (Å²) in [7, 11) is -0.935. The Morgan fingerprint density at radius 2 is 2.25 bits per heavy atom. The summed E-state index contributed by atoms with van der Waals surface area (Å²) in [5.74, 6) is 0. The van der Waals surface area contributed by atoms with Gasteiger partial charge in [-0.2, -0.15) is 0 Å². The van der Waals surface area contributed by atoms with Crippen molar-refractivity contribution in [1.29, 1.82) is 0 Å². The topological polar surface area (TPSA) is 9.23 Å². The summed E-state index contributed by atoms with van der Waals surface area (Å²) in [4.78, 5) is 0. The lowest BCUT2D eigenvalue weighted by molar-refractivity contribution is 0.324. The SMILES string of the molecule is CCCCO[Si](C)Cl. The standard InChI is InChI=1S/C5H12ClOSi/c1-3-4-5-7-8(2)6/h3-5H2,1-2H3. The van der Waals surface area contributed by atoms with Crippen molar-refractivity contribution >= 4 is 19.4 Å².